The average Bonchev–Trinajstić information content (AvgIpc) is 2.48. The van der Waals surface area contributed by atoms with Crippen molar-refractivity contribution in [3.05, 3.63) is 12.4 Å². The van der Waals surface area contributed by atoms with Gasteiger partial charge in [0.05, 0.1) is 19.0 Å². The smallest absolute Gasteiger partial charge is 0.157 e. The van der Waals surface area contributed by atoms with Crippen molar-refractivity contribution < 1.29 is 9.84 Å². The minimum absolute atomic E-state index is 0.0371. The van der Waals surface area contributed by atoms with Crippen molar-refractivity contribution in [1.82, 2.24) is 9.78 Å². The summed E-state index contributed by atoms with van der Waals surface area (Å²) in [5.74, 6) is 1.29. The third-order valence-electron chi connectivity index (χ3n) is 1.52. The highest BCUT2D eigenvalue weighted by molar-refractivity contribution is 5.11. The molecule has 0 radical (unpaired) electrons. The van der Waals surface area contributed by atoms with Gasteiger partial charge >= 0.3 is 0 Å². The predicted octanol–water partition coefficient (Wildman–Crippen LogP) is 0.910. The fraction of sp³-hybridized carbons (Fsp3) is 0.667. The number of aromatic nitrogens is 2. The Labute approximate surface area is 78.1 Å². The maximum atomic E-state index is 8.53. The van der Waals surface area contributed by atoms with Crippen molar-refractivity contribution >= 4 is 0 Å². The molecule has 0 saturated carbocycles. The Bertz CT molecular complexity index is 246. The predicted molar refractivity (Wildman–Crippen MR) is 49.6 cm³/mol. The molecule has 0 spiro atoms. The van der Waals surface area contributed by atoms with E-state index in [0.29, 0.717) is 12.5 Å². The molecule has 1 heterocycles. The summed E-state index contributed by atoms with van der Waals surface area (Å²) in [5, 5.41) is 12.6. The summed E-state index contributed by atoms with van der Waals surface area (Å²) in [6.45, 7) is 5.52. The van der Waals surface area contributed by atoms with Gasteiger partial charge in [-0.1, -0.05) is 13.8 Å². The average molecular weight is 184 g/mol. The topological polar surface area (TPSA) is 47.3 Å². The molecule has 0 saturated heterocycles. The van der Waals surface area contributed by atoms with Crippen molar-refractivity contribution in [2.75, 3.05) is 13.2 Å². The Morgan fingerprint density at radius 3 is 3.00 bits per heavy atom. The monoisotopic (exact) mass is 184 g/mol. The van der Waals surface area contributed by atoms with Crippen LogP contribution in [-0.4, -0.2) is 28.1 Å². The molecule has 4 heteroatoms. The highest BCUT2D eigenvalue weighted by Crippen LogP contribution is 2.09. The maximum Gasteiger partial charge on any atom is 0.157 e. The van der Waals surface area contributed by atoms with E-state index < -0.39 is 0 Å². The highest BCUT2D eigenvalue weighted by Gasteiger charge is 2.00. The quantitative estimate of drug-likeness (QED) is 0.740. The zero-order chi connectivity index (χ0) is 9.68. The number of aliphatic hydroxyl groups is 1. The van der Waals surface area contributed by atoms with Gasteiger partial charge in [-0.3, -0.25) is 4.68 Å². The lowest BCUT2D eigenvalue weighted by Crippen LogP contribution is -2.04. The van der Waals surface area contributed by atoms with E-state index in [0.717, 1.165) is 12.3 Å². The fourth-order valence-electron chi connectivity index (χ4n) is 1.06. The van der Waals surface area contributed by atoms with Gasteiger partial charge < -0.3 is 9.84 Å². The number of aliphatic hydroxyl groups excluding tert-OH is 1. The molecule has 4 nitrogen and oxygen atoms in total. The Morgan fingerprint density at radius 1 is 1.62 bits per heavy atom. The first kappa shape index (κ1) is 10.1. The van der Waals surface area contributed by atoms with Gasteiger partial charge in [-0.05, 0) is 5.92 Å². The normalized spacial score (nSPS) is 10.8. The number of nitrogens with zero attached hydrogens (tertiary/aromatic N) is 2. The standard InChI is InChI=1S/C9H16N2O2/c1-8(2)6-11-7-9(5-10-11)13-4-3-12/h5,7-8,12H,3-4,6H2,1-2H3. The SMILES string of the molecule is CC(C)Cn1cc(OCCO)cn1. The molecule has 13 heavy (non-hydrogen) atoms. The van der Waals surface area contributed by atoms with Crippen molar-refractivity contribution in [2.45, 2.75) is 20.4 Å². The molecule has 1 aromatic heterocycles. The molecule has 0 aliphatic carbocycles. The van der Waals surface area contributed by atoms with Crippen LogP contribution in [0.1, 0.15) is 13.8 Å². The zero-order valence-electron chi connectivity index (χ0n) is 8.10. The van der Waals surface area contributed by atoms with Crippen LogP contribution in [0, 0.1) is 5.92 Å². The third-order valence-corrected chi connectivity index (χ3v) is 1.52. The summed E-state index contributed by atoms with van der Waals surface area (Å²) in [6.07, 6.45) is 3.51. The summed E-state index contributed by atoms with van der Waals surface area (Å²) < 4.78 is 7.03. The van der Waals surface area contributed by atoms with Gasteiger partial charge in [-0.2, -0.15) is 5.10 Å². The second kappa shape index (κ2) is 4.87. The van der Waals surface area contributed by atoms with Crippen LogP contribution in [0.15, 0.2) is 12.4 Å². The summed E-state index contributed by atoms with van der Waals surface area (Å²) in [5.41, 5.74) is 0. The number of hydrogen-bond acceptors (Lipinski definition) is 3. The van der Waals surface area contributed by atoms with Gasteiger partial charge in [-0.25, -0.2) is 0 Å². The van der Waals surface area contributed by atoms with E-state index in [1.165, 1.54) is 0 Å². The molecule has 0 aromatic carbocycles. The first-order chi connectivity index (χ1) is 6.22. The van der Waals surface area contributed by atoms with E-state index >= 15 is 0 Å². The van der Waals surface area contributed by atoms with Crippen molar-refractivity contribution in [1.29, 1.82) is 0 Å². The number of hydrogen-bond donors (Lipinski definition) is 1. The minimum Gasteiger partial charge on any atom is -0.488 e. The molecule has 1 rings (SSSR count). The van der Waals surface area contributed by atoms with Crippen LogP contribution >= 0.6 is 0 Å². The Morgan fingerprint density at radius 2 is 2.38 bits per heavy atom. The van der Waals surface area contributed by atoms with Gasteiger partial charge in [0.1, 0.15) is 6.61 Å². The van der Waals surface area contributed by atoms with Gasteiger partial charge in [0.25, 0.3) is 0 Å². The third kappa shape index (κ3) is 3.46. The van der Waals surface area contributed by atoms with E-state index in [1.807, 2.05) is 10.9 Å². The molecule has 74 valence electrons. The number of rotatable bonds is 5. The van der Waals surface area contributed by atoms with E-state index in [9.17, 15) is 0 Å². The van der Waals surface area contributed by atoms with Crippen LogP contribution in [0.2, 0.25) is 0 Å². The maximum absolute atomic E-state index is 8.53. The lowest BCUT2D eigenvalue weighted by atomic mass is 10.2. The second-order valence-corrected chi connectivity index (χ2v) is 3.36. The molecule has 1 aromatic rings. The molecule has 0 bridgehead atoms. The molecular weight excluding hydrogens is 168 g/mol. The number of ether oxygens (including phenoxy) is 1. The fourth-order valence-corrected chi connectivity index (χ4v) is 1.06. The van der Waals surface area contributed by atoms with E-state index in [2.05, 4.69) is 18.9 Å². The summed E-state index contributed by atoms with van der Waals surface area (Å²) in [6, 6.07) is 0. The van der Waals surface area contributed by atoms with Crippen LogP contribution in [0.3, 0.4) is 0 Å². The molecule has 0 amide bonds. The van der Waals surface area contributed by atoms with Crippen molar-refractivity contribution in [3.8, 4) is 5.75 Å². The van der Waals surface area contributed by atoms with Gasteiger partial charge in [-0.15, -0.1) is 0 Å². The largest absolute Gasteiger partial charge is 0.488 e. The summed E-state index contributed by atoms with van der Waals surface area (Å²) in [7, 11) is 0. The lowest BCUT2D eigenvalue weighted by molar-refractivity contribution is 0.201. The van der Waals surface area contributed by atoms with Gasteiger partial charge in [0.2, 0.25) is 0 Å². The molecule has 0 fully saturated rings. The minimum atomic E-state index is 0.0371. The van der Waals surface area contributed by atoms with Crippen LogP contribution < -0.4 is 4.74 Å². The Kier molecular flexibility index (Phi) is 3.76. The van der Waals surface area contributed by atoms with E-state index in [1.54, 1.807) is 6.20 Å². The van der Waals surface area contributed by atoms with Crippen molar-refractivity contribution in [3.63, 3.8) is 0 Å². The summed E-state index contributed by atoms with van der Waals surface area (Å²) in [4.78, 5) is 0. The van der Waals surface area contributed by atoms with Crippen molar-refractivity contribution in [2.24, 2.45) is 5.92 Å². The van der Waals surface area contributed by atoms with Crippen LogP contribution in [0.4, 0.5) is 0 Å². The van der Waals surface area contributed by atoms with Gasteiger partial charge in [0, 0.05) is 6.54 Å². The molecule has 0 atom stereocenters. The zero-order valence-corrected chi connectivity index (χ0v) is 8.10. The first-order valence-electron chi connectivity index (χ1n) is 4.48. The lowest BCUT2D eigenvalue weighted by Gasteiger charge is -2.03. The van der Waals surface area contributed by atoms with Crippen LogP contribution in [0.5, 0.6) is 5.75 Å². The molecule has 0 unspecified atom stereocenters. The highest BCUT2D eigenvalue weighted by atomic mass is 16.5. The van der Waals surface area contributed by atoms with E-state index in [4.69, 9.17) is 9.84 Å². The van der Waals surface area contributed by atoms with Gasteiger partial charge in [0.15, 0.2) is 5.75 Å². The van der Waals surface area contributed by atoms with Crippen LogP contribution in [0.25, 0.3) is 0 Å². The molecule has 0 aliphatic rings. The first-order valence-corrected chi connectivity index (χ1v) is 4.48. The Balaban J connectivity index is 2.44. The molecule has 1 N–H and O–H groups in total. The Hall–Kier alpha value is -1.03. The van der Waals surface area contributed by atoms with E-state index in [-0.39, 0.29) is 6.61 Å². The molecular formula is C9H16N2O2. The van der Waals surface area contributed by atoms with Crippen LogP contribution in [-0.2, 0) is 6.54 Å². The molecule has 0 aliphatic heterocycles. The summed E-state index contributed by atoms with van der Waals surface area (Å²) >= 11 is 0. The second-order valence-electron chi connectivity index (χ2n) is 3.36.